The van der Waals surface area contributed by atoms with E-state index in [1.165, 1.54) is 35.2 Å². The molecule has 1 aliphatic carbocycles. The molecule has 1 N–H and O–H groups in total. The lowest BCUT2D eigenvalue weighted by atomic mass is 9.74. The zero-order valence-corrected chi connectivity index (χ0v) is 17.9. The molecule has 152 valence electrons. The van der Waals surface area contributed by atoms with Crippen LogP contribution in [0.5, 0.6) is 0 Å². The number of fused-ring (bicyclic) bond motifs is 2. The summed E-state index contributed by atoms with van der Waals surface area (Å²) in [5.74, 6) is 0.864. The highest BCUT2D eigenvalue weighted by molar-refractivity contribution is 5.87. The third-order valence-corrected chi connectivity index (χ3v) is 6.85. The van der Waals surface area contributed by atoms with Gasteiger partial charge in [0.05, 0.1) is 5.92 Å². The average molecular weight is 382 g/mol. The molecule has 1 aromatic carbocycles. The Bertz CT molecular complexity index is 769. The molecule has 0 saturated heterocycles. The molecule has 3 aliphatic rings. The van der Waals surface area contributed by atoms with E-state index in [1.807, 2.05) is 0 Å². The molecule has 3 atom stereocenters. The van der Waals surface area contributed by atoms with E-state index in [4.69, 9.17) is 0 Å². The second-order valence-electron chi connectivity index (χ2n) is 9.10. The van der Waals surface area contributed by atoms with Crippen LogP contribution in [0.4, 0.5) is 5.69 Å². The summed E-state index contributed by atoms with van der Waals surface area (Å²) in [6.45, 7) is 9.26. The van der Waals surface area contributed by atoms with Crippen LogP contribution in [0.1, 0.15) is 63.5 Å². The van der Waals surface area contributed by atoms with E-state index in [2.05, 4.69) is 67.2 Å². The van der Waals surface area contributed by atoms with Crippen LogP contribution in [0, 0.1) is 5.92 Å². The monoisotopic (exact) mass is 381 g/mol. The van der Waals surface area contributed by atoms with Crippen LogP contribution < -0.4 is 5.32 Å². The number of nitrogens with one attached hydrogen (secondary N) is 1. The van der Waals surface area contributed by atoms with Gasteiger partial charge in [0.2, 0.25) is 5.91 Å². The molecule has 1 aromatic rings. The molecule has 4 heteroatoms. The van der Waals surface area contributed by atoms with Gasteiger partial charge in [0, 0.05) is 43.3 Å². The number of likely N-dealkylation sites (N-methyl/N-ethyl adjacent to an activating group) is 1. The summed E-state index contributed by atoms with van der Waals surface area (Å²) in [6.07, 6.45) is 6.94. The summed E-state index contributed by atoms with van der Waals surface area (Å²) in [4.78, 5) is 18.0. The van der Waals surface area contributed by atoms with Crippen molar-refractivity contribution in [3.05, 3.63) is 35.4 Å². The molecule has 2 heterocycles. The number of nitrogens with zero attached hydrogens (tertiary/aromatic N) is 2. The first kappa shape index (κ1) is 19.5. The third-order valence-electron chi connectivity index (χ3n) is 6.85. The Morgan fingerprint density at radius 1 is 1.32 bits per heavy atom. The van der Waals surface area contributed by atoms with Crippen LogP contribution in [0.2, 0.25) is 0 Å². The largest absolute Gasteiger partial charge is 0.384 e. The zero-order valence-electron chi connectivity index (χ0n) is 17.9. The molecular formula is C24H35N3O. The second kappa shape index (κ2) is 7.90. The highest BCUT2D eigenvalue weighted by atomic mass is 16.2. The normalized spacial score (nSPS) is 25.8. The van der Waals surface area contributed by atoms with Crippen molar-refractivity contribution in [2.75, 3.05) is 32.0 Å². The number of hydrogen-bond donors (Lipinski definition) is 1. The number of anilines is 1. The molecule has 0 saturated carbocycles. The standard InChI is InChI=1S/C24H35N3O/c1-5-6-7-11-27(16(2)3)24(28)18-12-20-19-9-8-10-21-23(19)17(14-25-21)13-22(20)26(4)15-18/h8-10,12,16-18,22,25H,5-7,11,13-15H2,1-4H3/t17?,18-,22-/m1/s1. The van der Waals surface area contributed by atoms with Crippen LogP contribution in [0.25, 0.3) is 5.57 Å². The lowest BCUT2D eigenvalue weighted by molar-refractivity contribution is -0.136. The highest BCUT2D eigenvalue weighted by Gasteiger charge is 2.41. The van der Waals surface area contributed by atoms with Crippen LogP contribution >= 0.6 is 0 Å². The molecular weight excluding hydrogens is 346 g/mol. The van der Waals surface area contributed by atoms with Crippen LogP contribution in [-0.4, -0.2) is 54.5 Å². The lowest BCUT2D eigenvalue weighted by Gasteiger charge is -2.43. The van der Waals surface area contributed by atoms with Crippen molar-refractivity contribution < 1.29 is 4.79 Å². The molecule has 0 spiro atoms. The van der Waals surface area contributed by atoms with E-state index >= 15 is 0 Å². The smallest absolute Gasteiger partial charge is 0.231 e. The first-order chi connectivity index (χ1) is 13.5. The summed E-state index contributed by atoms with van der Waals surface area (Å²) in [6, 6.07) is 7.31. The first-order valence-electron chi connectivity index (χ1n) is 11.1. The molecule has 0 aromatic heterocycles. The number of carbonyl (C=O) groups excluding carboxylic acids is 1. The van der Waals surface area contributed by atoms with Crippen LogP contribution in [-0.2, 0) is 4.79 Å². The predicted molar refractivity (Wildman–Crippen MR) is 117 cm³/mol. The number of amides is 1. The van der Waals surface area contributed by atoms with Gasteiger partial charge >= 0.3 is 0 Å². The van der Waals surface area contributed by atoms with Gasteiger partial charge in [-0.3, -0.25) is 9.69 Å². The zero-order chi connectivity index (χ0) is 19.8. The van der Waals surface area contributed by atoms with E-state index in [0.717, 1.165) is 32.5 Å². The molecule has 4 nitrogen and oxygen atoms in total. The van der Waals surface area contributed by atoms with Crippen LogP contribution in [0.3, 0.4) is 0 Å². The van der Waals surface area contributed by atoms with Gasteiger partial charge in [0.1, 0.15) is 0 Å². The van der Waals surface area contributed by atoms with E-state index in [1.54, 1.807) is 0 Å². The quantitative estimate of drug-likeness (QED) is 0.745. The number of unbranched alkanes of at least 4 members (excludes halogenated alkanes) is 2. The van der Waals surface area contributed by atoms with Gasteiger partial charge in [-0.25, -0.2) is 0 Å². The minimum atomic E-state index is -0.0398. The molecule has 2 aliphatic heterocycles. The van der Waals surface area contributed by atoms with Crippen molar-refractivity contribution in [2.24, 2.45) is 5.92 Å². The SMILES string of the molecule is CCCCCN(C(=O)[C@@H]1C=C2c3cccc4c3C(CN4)C[C@H]2N(C)C1)C(C)C. The van der Waals surface area contributed by atoms with Gasteiger partial charge in [-0.15, -0.1) is 0 Å². The lowest BCUT2D eigenvalue weighted by Crippen LogP contribution is -2.49. The third kappa shape index (κ3) is 3.36. The molecule has 0 bridgehead atoms. The molecule has 0 radical (unpaired) electrons. The maximum absolute atomic E-state index is 13.5. The van der Waals surface area contributed by atoms with Gasteiger partial charge in [-0.1, -0.05) is 38.0 Å². The Kier molecular flexibility index (Phi) is 5.50. The van der Waals surface area contributed by atoms with E-state index in [-0.39, 0.29) is 12.0 Å². The minimum Gasteiger partial charge on any atom is -0.384 e. The summed E-state index contributed by atoms with van der Waals surface area (Å²) in [5, 5.41) is 3.58. The Morgan fingerprint density at radius 2 is 2.14 bits per heavy atom. The summed E-state index contributed by atoms with van der Waals surface area (Å²) in [7, 11) is 2.20. The van der Waals surface area contributed by atoms with Crippen LogP contribution in [0.15, 0.2) is 24.3 Å². The van der Waals surface area contributed by atoms with Crippen molar-refractivity contribution in [1.82, 2.24) is 9.80 Å². The van der Waals surface area contributed by atoms with Crippen molar-refractivity contribution in [1.29, 1.82) is 0 Å². The molecule has 0 fully saturated rings. The summed E-state index contributed by atoms with van der Waals surface area (Å²) >= 11 is 0. The molecule has 28 heavy (non-hydrogen) atoms. The Balaban J connectivity index is 1.64. The number of carbonyl (C=O) groups is 1. The molecule has 4 rings (SSSR count). The Hall–Kier alpha value is -1.81. The van der Waals surface area contributed by atoms with Crippen molar-refractivity contribution in [3.63, 3.8) is 0 Å². The van der Waals surface area contributed by atoms with Crippen molar-refractivity contribution in [3.8, 4) is 0 Å². The van der Waals surface area contributed by atoms with Gasteiger partial charge in [-0.05, 0) is 56.5 Å². The average Bonchev–Trinajstić information content (AvgIpc) is 3.09. The number of rotatable bonds is 6. The summed E-state index contributed by atoms with van der Waals surface area (Å²) < 4.78 is 0. The molecule has 1 unspecified atom stereocenters. The second-order valence-corrected chi connectivity index (χ2v) is 9.10. The van der Waals surface area contributed by atoms with Gasteiger partial charge in [0.25, 0.3) is 0 Å². The maximum Gasteiger partial charge on any atom is 0.231 e. The van der Waals surface area contributed by atoms with E-state index < -0.39 is 0 Å². The van der Waals surface area contributed by atoms with Gasteiger partial charge in [-0.2, -0.15) is 0 Å². The Labute approximate surface area is 170 Å². The van der Waals surface area contributed by atoms with E-state index in [9.17, 15) is 4.79 Å². The van der Waals surface area contributed by atoms with Crippen molar-refractivity contribution >= 4 is 17.2 Å². The van der Waals surface area contributed by atoms with Crippen molar-refractivity contribution in [2.45, 2.75) is 64.5 Å². The fourth-order valence-corrected chi connectivity index (χ4v) is 5.37. The highest BCUT2D eigenvalue weighted by Crippen LogP contribution is 2.48. The first-order valence-corrected chi connectivity index (χ1v) is 11.1. The number of hydrogen-bond acceptors (Lipinski definition) is 3. The maximum atomic E-state index is 13.5. The number of benzene rings is 1. The topological polar surface area (TPSA) is 35.6 Å². The minimum absolute atomic E-state index is 0.0398. The Morgan fingerprint density at radius 3 is 2.89 bits per heavy atom. The van der Waals surface area contributed by atoms with Gasteiger partial charge in [0.15, 0.2) is 0 Å². The molecule has 1 amide bonds. The fraction of sp³-hybridized carbons (Fsp3) is 0.625. The van der Waals surface area contributed by atoms with E-state index in [0.29, 0.717) is 17.9 Å². The summed E-state index contributed by atoms with van der Waals surface area (Å²) in [5.41, 5.74) is 5.52. The predicted octanol–water partition coefficient (Wildman–Crippen LogP) is 4.34. The van der Waals surface area contributed by atoms with Gasteiger partial charge < -0.3 is 10.2 Å². The fourth-order valence-electron chi connectivity index (χ4n) is 5.37.